The second-order valence-electron chi connectivity index (χ2n) is 3.43. The SMILES string of the molecule is CNCc1nnnn1-c1cc([N+](=O)[O-])ccc1Cl. The average Bonchev–Trinajstić information content (AvgIpc) is 2.78. The number of halogens is 1. The molecule has 0 unspecified atom stereocenters. The van der Waals surface area contributed by atoms with Gasteiger partial charge in [-0.05, 0) is 23.5 Å². The Balaban J connectivity index is 2.52. The molecular weight excluding hydrogens is 260 g/mol. The van der Waals surface area contributed by atoms with E-state index in [1.807, 2.05) is 0 Å². The highest BCUT2D eigenvalue weighted by molar-refractivity contribution is 6.32. The van der Waals surface area contributed by atoms with E-state index in [9.17, 15) is 10.1 Å². The van der Waals surface area contributed by atoms with Gasteiger partial charge < -0.3 is 5.32 Å². The van der Waals surface area contributed by atoms with Crippen LogP contribution in [0.2, 0.25) is 5.02 Å². The Hall–Kier alpha value is -2.06. The maximum atomic E-state index is 10.7. The molecule has 0 bridgehead atoms. The minimum Gasteiger partial charge on any atom is -0.313 e. The molecule has 9 heteroatoms. The first-order valence-corrected chi connectivity index (χ1v) is 5.37. The quantitative estimate of drug-likeness (QED) is 0.654. The smallest absolute Gasteiger partial charge is 0.271 e. The van der Waals surface area contributed by atoms with E-state index in [2.05, 4.69) is 20.8 Å². The van der Waals surface area contributed by atoms with Crippen molar-refractivity contribution in [1.82, 2.24) is 25.5 Å². The number of nitro benzene ring substituents is 1. The average molecular weight is 269 g/mol. The summed E-state index contributed by atoms with van der Waals surface area (Å²) < 4.78 is 1.37. The van der Waals surface area contributed by atoms with E-state index in [0.29, 0.717) is 23.1 Å². The van der Waals surface area contributed by atoms with Gasteiger partial charge in [-0.25, -0.2) is 0 Å². The van der Waals surface area contributed by atoms with Gasteiger partial charge in [0.2, 0.25) is 0 Å². The normalized spacial score (nSPS) is 10.6. The van der Waals surface area contributed by atoms with Gasteiger partial charge in [0.25, 0.3) is 5.69 Å². The molecule has 0 atom stereocenters. The minimum absolute atomic E-state index is 0.0692. The summed E-state index contributed by atoms with van der Waals surface area (Å²) in [6, 6.07) is 4.10. The molecule has 0 aliphatic carbocycles. The molecule has 18 heavy (non-hydrogen) atoms. The van der Waals surface area contributed by atoms with E-state index in [4.69, 9.17) is 11.6 Å². The molecular formula is C9H9ClN6O2. The molecule has 0 amide bonds. The molecule has 1 aromatic heterocycles. The van der Waals surface area contributed by atoms with Crippen LogP contribution in [0.3, 0.4) is 0 Å². The molecule has 1 heterocycles. The standard InChI is InChI=1S/C9H9ClN6O2/c1-11-5-9-12-13-14-15(9)8-4-6(16(17)18)2-3-7(8)10/h2-4,11H,5H2,1H3. The molecule has 0 aliphatic rings. The molecule has 8 nitrogen and oxygen atoms in total. The van der Waals surface area contributed by atoms with Crippen molar-refractivity contribution in [1.29, 1.82) is 0 Å². The van der Waals surface area contributed by atoms with Crippen molar-refractivity contribution in [2.24, 2.45) is 0 Å². The topological polar surface area (TPSA) is 98.8 Å². The molecule has 0 saturated carbocycles. The van der Waals surface area contributed by atoms with Crippen LogP contribution in [0.15, 0.2) is 18.2 Å². The Morgan fingerprint density at radius 1 is 1.56 bits per heavy atom. The Bertz CT molecular complexity index is 584. The van der Waals surface area contributed by atoms with Crippen molar-refractivity contribution in [3.8, 4) is 5.69 Å². The summed E-state index contributed by atoms with van der Waals surface area (Å²) in [5.41, 5.74) is 0.307. The lowest BCUT2D eigenvalue weighted by atomic mass is 10.3. The molecule has 94 valence electrons. The largest absolute Gasteiger partial charge is 0.313 e. The zero-order valence-corrected chi connectivity index (χ0v) is 10.1. The summed E-state index contributed by atoms with van der Waals surface area (Å²) in [5.74, 6) is 0.514. The number of tetrazole rings is 1. The number of nitrogens with one attached hydrogen (secondary N) is 1. The second-order valence-corrected chi connectivity index (χ2v) is 3.84. The van der Waals surface area contributed by atoms with Gasteiger partial charge in [-0.1, -0.05) is 11.6 Å². The van der Waals surface area contributed by atoms with Crippen molar-refractivity contribution in [3.05, 3.63) is 39.2 Å². The molecule has 0 spiro atoms. The predicted molar refractivity (Wildman–Crippen MR) is 63.6 cm³/mol. The van der Waals surface area contributed by atoms with Crippen LogP contribution in [0.5, 0.6) is 0 Å². The fourth-order valence-electron chi connectivity index (χ4n) is 1.44. The van der Waals surface area contributed by atoms with Gasteiger partial charge in [0.15, 0.2) is 5.82 Å². The highest BCUT2D eigenvalue weighted by atomic mass is 35.5. The number of rotatable bonds is 4. The van der Waals surface area contributed by atoms with Gasteiger partial charge >= 0.3 is 0 Å². The summed E-state index contributed by atoms with van der Waals surface area (Å²) in [6.07, 6.45) is 0. The molecule has 1 aromatic carbocycles. The maximum Gasteiger partial charge on any atom is 0.271 e. The van der Waals surface area contributed by atoms with Gasteiger partial charge in [-0.3, -0.25) is 10.1 Å². The third kappa shape index (κ3) is 2.29. The van der Waals surface area contributed by atoms with Gasteiger partial charge in [0.1, 0.15) is 0 Å². The number of aromatic nitrogens is 4. The summed E-state index contributed by atoms with van der Waals surface area (Å²) in [7, 11) is 1.74. The third-order valence-electron chi connectivity index (χ3n) is 2.24. The zero-order valence-electron chi connectivity index (χ0n) is 9.37. The summed E-state index contributed by atoms with van der Waals surface area (Å²) in [6.45, 7) is 0.423. The summed E-state index contributed by atoms with van der Waals surface area (Å²) >= 11 is 6.01. The Morgan fingerprint density at radius 2 is 2.33 bits per heavy atom. The lowest BCUT2D eigenvalue weighted by Gasteiger charge is -2.05. The van der Waals surface area contributed by atoms with Crippen LogP contribution >= 0.6 is 11.6 Å². The maximum absolute atomic E-state index is 10.7. The molecule has 0 radical (unpaired) electrons. The molecule has 2 rings (SSSR count). The number of nitrogens with zero attached hydrogens (tertiary/aromatic N) is 5. The van der Waals surface area contributed by atoms with Crippen LogP contribution in [-0.2, 0) is 6.54 Å². The van der Waals surface area contributed by atoms with Crippen molar-refractivity contribution in [2.75, 3.05) is 7.05 Å². The summed E-state index contributed by atoms with van der Waals surface area (Å²) in [5, 5.41) is 25.1. The number of benzene rings is 1. The number of hydrogen-bond acceptors (Lipinski definition) is 6. The first-order chi connectivity index (χ1) is 8.63. The van der Waals surface area contributed by atoms with Crippen LogP contribution in [-0.4, -0.2) is 32.2 Å². The lowest BCUT2D eigenvalue weighted by Crippen LogP contribution is -2.12. The monoisotopic (exact) mass is 268 g/mol. The van der Waals surface area contributed by atoms with Crippen molar-refractivity contribution in [2.45, 2.75) is 6.54 Å². The lowest BCUT2D eigenvalue weighted by molar-refractivity contribution is -0.384. The third-order valence-corrected chi connectivity index (χ3v) is 2.56. The Labute approximate surface area is 107 Å². The second kappa shape index (κ2) is 5.07. The van der Waals surface area contributed by atoms with E-state index >= 15 is 0 Å². The Kier molecular flexibility index (Phi) is 3.49. The van der Waals surface area contributed by atoms with Gasteiger partial charge in [-0.15, -0.1) is 5.10 Å². The van der Waals surface area contributed by atoms with Gasteiger partial charge in [0.05, 0.1) is 22.2 Å². The first kappa shape index (κ1) is 12.4. The number of hydrogen-bond donors (Lipinski definition) is 1. The van der Waals surface area contributed by atoms with Crippen LogP contribution in [0.4, 0.5) is 5.69 Å². The highest BCUT2D eigenvalue weighted by Gasteiger charge is 2.15. The van der Waals surface area contributed by atoms with Crippen molar-refractivity contribution in [3.63, 3.8) is 0 Å². The van der Waals surface area contributed by atoms with E-state index in [0.717, 1.165) is 0 Å². The van der Waals surface area contributed by atoms with Crippen LogP contribution in [0, 0.1) is 10.1 Å². The molecule has 1 N–H and O–H groups in total. The van der Waals surface area contributed by atoms with Gasteiger partial charge in [0, 0.05) is 12.1 Å². The molecule has 0 saturated heterocycles. The molecule has 0 fully saturated rings. The number of nitro groups is 1. The molecule has 0 aliphatic heterocycles. The molecule has 2 aromatic rings. The predicted octanol–water partition coefficient (Wildman–Crippen LogP) is 0.943. The van der Waals surface area contributed by atoms with Crippen molar-refractivity contribution >= 4 is 17.3 Å². The van der Waals surface area contributed by atoms with Gasteiger partial charge in [-0.2, -0.15) is 4.68 Å². The van der Waals surface area contributed by atoms with E-state index in [1.54, 1.807) is 7.05 Å². The zero-order chi connectivity index (χ0) is 13.1. The van der Waals surface area contributed by atoms with E-state index < -0.39 is 4.92 Å². The number of non-ortho nitro benzene ring substituents is 1. The fraction of sp³-hybridized carbons (Fsp3) is 0.222. The fourth-order valence-corrected chi connectivity index (χ4v) is 1.64. The van der Waals surface area contributed by atoms with Crippen LogP contribution in [0.1, 0.15) is 5.82 Å². The Morgan fingerprint density at radius 3 is 3.00 bits per heavy atom. The van der Waals surface area contributed by atoms with Crippen molar-refractivity contribution < 1.29 is 4.92 Å². The highest BCUT2D eigenvalue weighted by Crippen LogP contribution is 2.25. The first-order valence-electron chi connectivity index (χ1n) is 4.99. The summed E-state index contributed by atoms with van der Waals surface area (Å²) in [4.78, 5) is 10.2. The minimum atomic E-state index is -0.498. The van der Waals surface area contributed by atoms with Crippen LogP contribution < -0.4 is 5.32 Å². The van der Waals surface area contributed by atoms with Crippen LogP contribution in [0.25, 0.3) is 5.69 Å². The van der Waals surface area contributed by atoms with E-state index in [1.165, 1.54) is 22.9 Å². The van der Waals surface area contributed by atoms with E-state index in [-0.39, 0.29) is 5.69 Å².